The van der Waals surface area contributed by atoms with Crippen molar-refractivity contribution < 1.29 is 26.4 Å². The normalized spacial score (nSPS) is 15.2. The Morgan fingerprint density at radius 2 is 1.58 bits per heavy atom. The average molecular weight is 384 g/mol. The molecule has 1 aliphatic rings. The van der Waals surface area contributed by atoms with Crippen LogP contribution in [-0.4, -0.2) is 31.7 Å². The Kier molecular flexibility index (Phi) is 5.01. The molecule has 1 saturated heterocycles. The molecule has 26 heavy (non-hydrogen) atoms. The number of sulfonamides is 1. The van der Waals surface area contributed by atoms with Gasteiger partial charge in [-0.1, -0.05) is 6.07 Å². The highest BCUT2D eigenvalue weighted by atomic mass is 32.2. The summed E-state index contributed by atoms with van der Waals surface area (Å²) in [5.74, 6) is -3.91. The second kappa shape index (κ2) is 7.08. The second-order valence-electron chi connectivity index (χ2n) is 5.81. The van der Waals surface area contributed by atoms with Gasteiger partial charge in [0.1, 0.15) is 28.0 Å². The van der Waals surface area contributed by atoms with Crippen LogP contribution in [0.5, 0.6) is 0 Å². The summed E-state index contributed by atoms with van der Waals surface area (Å²) in [5, 5.41) is 2.04. The van der Waals surface area contributed by atoms with Crippen molar-refractivity contribution in [2.24, 2.45) is 0 Å². The molecule has 9 heteroatoms. The molecule has 1 N–H and O–H groups in total. The van der Waals surface area contributed by atoms with Crippen molar-refractivity contribution in [2.45, 2.75) is 17.7 Å². The molecule has 1 amide bonds. The van der Waals surface area contributed by atoms with E-state index in [1.54, 1.807) is 0 Å². The lowest BCUT2D eigenvalue weighted by molar-refractivity contribution is 0.102. The highest BCUT2D eigenvalue weighted by Gasteiger charge is 2.30. The number of benzene rings is 2. The summed E-state index contributed by atoms with van der Waals surface area (Å²) < 4.78 is 67.6. The van der Waals surface area contributed by atoms with Gasteiger partial charge in [-0.15, -0.1) is 0 Å². The van der Waals surface area contributed by atoms with Crippen molar-refractivity contribution in [1.29, 1.82) is 0 Å². The van der Waals surface area contributed by atoms with Crippen LogP contribution in [-0.2, 0) is 10.0 Å². The van der Waals surface area contributed by atoms with Gasteiger partial charge in [0.15, 0.2) is 0 Å². The van der Waals surface area contributed by atoms with E-state index in [9.17, 15) is 26.4 Å². The first-order chi connectivity index (χ1) is 12.3. The fourth-order valence-corrected chi connectivity index (χ4v) is 4.32. The van der Waals surface area contributed by atoms with Crippen molar-refractivity contribution >= 4 is 21.6 Å². The average Bonchev–Trinajstić information content (AvgIpc) is 3.14. The zero-order valence-electron chi connectivity index (χ0n) is 13.5. The fourth-order valence-electron chi connectivity index (χ4n) is 2.71. The summed E-state index contributed by atoms with van der Waals surface area (Å²) >= 11 is 0. The van der Waals surface area contributed by atoms with E-state index in [1.807, 2.05) is 5.32 Å². The molecule has 138 valence electrons. The third-order valence-corrected chi connectivity index (χ3v) is 5.99. The topological polar surface area (TPSA) is 66.5 Å². The Balaban J connectivity index is 1.93. The molecule has 5 nitrogen and oxygen atoms in total. The number of amides is 1. The van der Waals surface area contributed by atoms with Gasteiger partial charge in [-0.25, -0.2) is 21.6 Å². The molecular weight excluding hydrogens is 369 g/mol. The van der Waals surface area contributed by atoms with Crippen molar-refractivity contribution in [3.05, 3.63) is 59.4 Å². The number of hydrogen-bond acceptors (Lipinski definition) is 3. The predicted octanol–water partition coefficient (Wildman–Crippen LogP) is 3.14. The highest BCUT2D eigenvalue weighted by Crippen LogP contribution is 2.25. The number of para-hydroxylation sites is 1. The molecular formula is C17H15F3N2O3S. The Morgan fingerprint density at radius 1 is 0.962 bits per heavy atom. The van der Waals surface area contributed by atoms with E-state index in [2.05, 4.69) is 0 Å². The first-order valence-corrected chi connectivity index (χ1v) is 9.30. The lowest BCUT2D eigenvalue weighted by Crippen LogP contribution is -2.29. The summed E-state index contributed by atoms with van der Waals surface area (Å²) in [5.41, 5.74) is -0.891. The van der Waals surface area contributed by atoms with Gasteiger partial charge >= 0.3 is 0 Å². The summed E-state index contributed by atoms with van der Waals surface area (Å²) in [6.07, 6.45) is 1.35. The number of carbonyl (C=O) groups is 1. The van der Waals surface area contributed by atoms with E-state index in [0.29, 0.717) is 12.8 Å². The second-order valence-corrected chi connectivity index (χ2v) is 7.71. The van der Waals surface area contributed by atoms with Crippen LogP contribution in [0.1, 0.15) is 23.2 Å². The predicted molar refractivity (Wildman–Crippen MR) is 88.7 cm³/mol. The maximum atomic E-state index is 14.1. The van der Waals surface area contributed by atoms with Gasteiger partial charge in [0.2, 0.25) is 10.0 Å². The van der Waals surface area contributed by atoms with Crippen molar-refractivity contribution in [2.75, 3.05) is 18.4 Å². The number of rotatable bonds is 4. The lowest BCUT2D eigenvalue weighted by Gasteiger charge is -2.16. The largest absolute Gasteiger partial charge is 0.317 e. The first kappa shape index (κ1) is 18.4. The molecule has 0 spiro atoms. The van der Waals surface area contributed by atoms with Crippen LogP contribution in [0.2, 0.25) is 0 Å². The molecule has 0 unspecified atom stereocenters. The Bertz CT molecular complexity index is 937. The van der Waals surface area contributed by atoms with E-state index in [-0.39, 0.29) is 18.7 Å². The van der Waals surface area contributed by atoms with Gasteiger partial charge in [0, 0.05) is 18.7 Å². The molecule has 2 aromatic carbocycles. The number of anilines is 1. The van der Waals surface area contributed by atoms with E-state index in [0.717, 1.165) is 40.7 Å². The van der Waals surface area contributed by atoms with Crippen LogP contribution in [0.4, 0.5) is 18.9 Å². The number of nitrogens with one attached hydrogen (secondary N) is 1. The summed E-state index contributed by atoms with van der Waals surface area (Å²) in [6, 6.07) is 5.83. The third-order valence-electron chi connectivity index (χ3n) is 4.08. The van der Waals surface area contributed by atoms with Gasteiger partial charge in [-0.05, 0) is 43.2 Å². The molecule has 1 fully saturated rings. The fraction of sp³-hybridized carbons (Fsp3) is 0.235. The lowest BCUT2D eigenvalue weighted by atomic mass is 10.2. The molecule has 3 rings (SSSR count). The van der Waals surface area contributed by atoms with E-state index in [1.165, 1.54) is 0 Å². The first-order valence-electron chi connectivity index (χ1n) is 7.86. The molecule has 0 aromatic heterocycles. The zero-order chi connectivity index (χ0) is 18.9. The quantitative estimate of drug-likeness (QED) is 0.881. The Hall–Kier alpha value is -2.39. The summed E-state index contributed by atoms with van der Waals surface area (Å²) in [6.45, 7) is 0.553. The van der Waals surface area contributed by atoms with Gasteiger partial charge in [-0.3, -0.25) is 4.79 Å². The standard InChI is InChI=1S/C17H15F3N2O3S/c18-12-7-6-11(10-15(12)26(24,25)22-8-1-2-9-22)17(23)21-16-13(19)4-3-5-14(16)20/h3-7,10H,1-2,8-9H2,(H,21,23). The van der Waals surface area contributed by atoms with Crippen LogP contribution in [0.3, 0.4) is 0 Å². The molecule has 0 radical (unpaired) electrons. The van der Waals surface area contributed by atoms with Crippen molar-refractivity contribution in [1.82, 2.24) is 4.31 Å². The number of halogens is 3. The van der Waals surface area contributed by atoms with Gasteiger partial charge in [-0.2, -0.15) is 4.31 Å². The van der Waals surface area contributed by atoms with E-state index in [4.69, 9.17) is 0 Å². The summed E-state index contributed by atoms with van der Waals surface area (Å²) in [7, 11) is -4.08. The molecule has 2 aromatic rings. The molecule has 0 aliphatic carbocycles. The molecule has 1 aliphatic heterocycles. The van der Waals surface area contributed by atoms with Crippen molar-refractivity contribution in [3.8, 4) is 0 Å². The highest BCUT2D eigenvalue weighted by molar-refractivity contribution is 7.89. The minimum Gasteiger partial charge on any atom is -0.317 e. The minimum absolute atomic E-state index is 0.230. The van der Waals surface area contributed by atoms with Crippen LogP contribution in [0.15, 0.2) is 41.3 Å². The van der Waals surface area contributed by atoms with Crippen LogP contribution >= 0.6 is 0 Å². The SMILES string of the molecule is O=C(Nc1c(F)cccc1F)c1ccc(F)c(S(=O)(=O)N2CCCC2)c1. The molecule has 0 saturated carbocycles. The Labute approximate surface area is 148 Å². The summed E-state index contributed by atoms with van der Waals surface area (Å²) in [4.78, 5) is 11.6. The third kappa shape index (κ3) is 3.45. The van der Waals surface area contributed by atoms with Crippen molar-refractivity contribution in [3.63, 3.8) is 0 Å². The maximum Gasteiger partial charge on any atom is 0.255 e. The number of nitrogens with zero attached hydrogens (tertiary/aromatic N) is 1. The molecule has 0 atom stereocenters. The number of hydrogen-bond donors (Lipinski definition) is 1. The van der Waals surface area contributed by atoms with Gasteiger partial charge < -0.3 is 5.32 Å². The van der Waals surface area contributed by atoms with Crippen LogP contribution in [0.25, 0.3) is 0 Å². The Morgan fingerprint density at radius 3 is 2.19 bits per heavy atom. The van der Waals surface area contributed by atoms with E-state index < -0.39 is 44.0 Å². The van der Waals surface area contributed by atoms with E-state index >= 15 is 0 Å². The van der Waals surface area contributed by atoms with Gasteiger partial charge in [0.25, 0.3) is 5.91 Å². The monoisotopic (exact) mass is 384 g/mol. The molecule has 1 heterocycles. The number of carbonyl (C=O) groups excluding carboxylic acids is 1. The van der Waals surface area contributed by atoms with Crippen LogP contribution in [0, 0.1) is 17.5 Å². The van der Waals surface area contributed by atoms with Gasteiger partial charge in [0.05, 0.1) is 0 Å². The smallest absolute Gasteiger partial charge is 0.255 e. The maximum absolute atomic E-state index is 14.1. The van der Waals surface area contributed by atoms with Crippen LogP contribution < -0.4 is 5.32 Å². The zero-order valence-corrected chi connectivity index (χ0v) is 14.3. The minimum atomic E-state index is -4.08. The molecule has 0 bridgehead atoms.